The molecule has 0 spiro atoms. The van der Waals surface area contributed by atoms with Crippen LogP contribution >= 0.6 is 11.8 Å². The summed E-state index contributed by atoms with van der Waals surface area (Å²) >= 11 is 1.39. The van der Waals surface area contributed by atoms with Crippen molar-refractivity contribution in [1.29, 1.82) is 0 Å². The normalized spacial score (nSPS) is 20.7. The van der Waals surface area contributed by atoms with E-state index in [1.165, 1.54) is 18.7 Å². The van der Waals surface area contributed by atoms with Crippen molar-refractivity contribution in [3.05, 3.63) is 30.3 Å². The second-order valence-corrected chi connectivity index (χ2v) is 4.44. The van der Waals surface area contributed by atoms with Crippen molar-refractivity contribution in [2.24, 2.45) is 0 Å². The quantitative estimate of drug-likeness (QED) is 0.762. The number of benzene rings is 1. The highest BCUT2D eigenvalue weighted by Crippen LogP contribution is 2.30. The molecule has 15 heavy (non-hydrogen) atoms. The van der Waals surface area contributed by atoms with Gasteiger partial charge in [0.25, 0.3) is 0 Å². The van der Waals surface area contributed by atoms with Crippen LogP contribution in [0.2, 0.25) is 0 Å². The Morgan fingerprint density at radius 3 is 2.67 bits per heavy atom. The van der Waals surface area contributed by atoms with Crippen LogP contribution in [0.4, 0.5) is 5.69 Å². The van der Waals surface area contributed by atoms with Gasteiger partial charge >= 0.3 is 0 Å². The summed E-state index contributed by atoms with van der Waals surface area (Å²) in [6.07, 6.45) is 0. The first-order valence-electron chi connectivity index (χ1n) is 4.69. The summed E-state index contributed by atoms with van der Waals surface area (Å²) in [4.78, 5) is 24.6. The zero-order valence-electron chi connectivity index (χ0n) is 8.34. The maximum atomic E-state index is 11.6. The van der Waals surface area contributed by atoms with Gasteiger partial charge in [-0.05, 0) is 19.1 Å². The Labute approximate surface area is 92.5 Å². The number of anilines is 1. The second kappa shape index (κ2) is 4.06. The molecule has 0 saturated carbocycles. The second-order valence-electron chi connectivity index (χ2n) is 3.37. The van der Waals surface area contributed by atoms with Crippen molar-refractivity contribution in [3.8, 4) is 0 Å². The molecule has 3 nitrogen and oxygen atoms in total. The SMILES string of the molecule is CC(=O)C1SCC(=O)N1c1ccccc1. The van der Waals surface area contributed by atoms with Crippen molar-refractivity contribution in [1.82, 2.24) is 0 Å². The van der Waals surface area contributed by atoms with Gasteiger partial charge in [0.05, 0.1) is 5.75 Å². The topological polar surface area (TPSA) is 37.4 Å². The van der Waals surface area contributed by atoms with E-state index in [1.807, 2.05) is 30.3 Å². The molecule has 1 atom stereocenters. The summed E-state index contributed by atoms with van der Waals surface area (Å²) in [5.41, 5.74) is 0.799. The standard InChI is InChI=1S/C11H11NO2S/c1-8(13)11-12(10(14)7-15-11)9-5-3-2-4-6-9/h2-6,11H,7H2,1H3. The number of amides is 1. The molecular formula is C11H11NO2S. The van der Waals surface area contributed by atoms with Crippen molar-refractivity contribution in [2.45, 2.75) is 12.3 Å². The van der Waals surface area contributed by atoms with Gasteiger partial charge in [0.2, 0.25) is 5.91 Å². The minimum absolute atomic E-state index is 0.00593. The Morgan fingerprint density at radius 2 is 2.07 bits per heavy atom. The number of thioether (sulfide) groups is 1. The average Bonchev–Trinajstić information content (AvgIpc) is 2.61. The Kier molecular flexibility index (Phi) is 2.77. The molecule has 1 aliphatic heterocycles. The third-order valence-corrected chi connectivity index (χ3v) is 3.52. The summed E-state index contributed by atoms with van der Waals surface area (Å²) in [7, 11) is 0. The number of carbonyl (C=O) groups is 2. The highest BCUT2D eigenvalue weighted by atomic mass is 32.2. The Hall–Kier alpha value is -1.29. The van der Waals surface area contributed by atoms with E-state index in [9.17, 15) is 9.59 Å². The average molecular weight is 221 g/mol. The number of ketones is 1. The molecule has 1 saturated heterocycles. The van der Waals surface area contributed by atoms with Crippen LogP contribution in [-0.2, 0) is 9.59 Å². The predicted octanol–water partition coefficient (Wildman–Crippen LogP) is 1.68. The van der Waals surface area contributed by atoms with E-state index in [1.54, 1.807) is 4.90 Å². The molecule has 1 fully saturated rings. The van der Waals surface area contributed by atoms with Crippen molar-refractivity contribution in [3.63, 3.8) is 0 Å². The van der Waals surface area contributed by atoms with Crippen LogP contribution < -0.4 is 4.90 Å². The van der Waals surface area contributed by atoms with Crippen LogP contribution in [0.3, 0.4) is 0 Å². The molecule has 1 unspecified atom stereocenters. The molecule has 1 amide bonds. The van der Waals surface area contributed by atoms with Gasteiger partial charge in [-0.2, -0.15) is 0 Å². The van der Waals surface area contributed by atoms with Crippen LogP contribution in [0.5, 0.6) is 0 Å². The number of hydrogen-bond acceptors (Lipinski definition) is 3. The maximum absolute atomic E-state index is 11.6. The molecule has 2 rings (SSSR count). The fraction of sp³-hybridized carbons (Fsp3) is 0.273. The number of rotatable bonds is 2. The van der Waals surface area contributed by atoms with Crippen LogP contribution in [0.25, 0.3) is 0 Å². The minimum Gasteiger partial charge on any atom is -0.297 e. The molecule has 78 valence electrons. The van der Waals surface area contributed by atoms with E-state index in [0.717, 1.165) is 5.69 Å². The third-order valence-electron chi connectivity index (χ3n) is 2.25. The lowest BCUT2D eigenvalue weighted by molar-refractivity contribution is -0.120. The largest absolute Gasteiger partial charge is 0.297 e. The molecule has 0 N–H and O–H groups in total. The molecule has 0 aromatic heterocycles. The van der Waals surface area contributed by atoms with Crippen LogP contribution in [0, 0.1) is 0 Å². The van der Waals surface area contributed by atoms with Gasteiger partial charge in [-0.3, -0.25) is 14.5 Å². The highest BCUT2D eigenvalue weighted by molar-refractivity contribution is 8.02. The molecule has 4 heteroatoms. The lowest BCUT2D eigenvalue weighted by Crippen LogP contribution is -2.36. The molecule has 1 heterocycles. The van der Waals surface area contributed by atoms with Crippen molar-refractivity contribution in [2.75, 3.05) is 10.7 Å². The van der Waals surface area contributed by atoms with E-state index >= 15 is 0 Å². The first kappa shape index (κ1) is 10.2. The smallest absolute Gasteiger partial charge is 0.238 e. The van der Waals surface area contributed by atoms with Gasteiger partial charge in [-0.25, -0.2) is 0 Å². The minimum atomic E-state index is -0.347. The van der Waals surface area contributed by atoms with Gasteiger partial charge in [0, 0.05) is 5.69 Å². The molecule has 1 aromatic carbocycles. The van der Waals surface area contributed by atoms with Gasteiger partial charge < -0.3 is 0 Å². The summed E-state index contributed by atoms with van der Waals surface area (Å²) < 4.78 is 0. The van der Waals surface area contributed by atoms with Crippen LogP contribution in [0.15, 0.2) is 30.3 Å². The number of para-hydroxylation sites is 1. The molecule has 0 aliphatic carbocycles. The molecular weight excluding hydrogens is 210 g/mol. The number of Topliss-reactive ketones (excluding diaryl/α,β-unsaturated/α-hetero) is 1. The first-order valence-corrected chi connectivity index (χ1v) is 5.74. The number of nitrogens with zero attached hydrogens (tertiary/aromatic N) is 1. The zero-order chi connectivity index (χ0) is 10.8. The monoisotopic (exact) mass is 221 g/mol. The lowest BCUT2D eigenvalue weighted by atomic mass is 10.2. The van der Waals surface area contributed by atoms with Crippen LogP contribution in [0.1, 0.15) is 6.92 Å². The van der Waals surface area contributed by atoms with Crippen molar-refractivity contribution < 1.29 is 9.59 Å². The van der Waals surface area contributed by atoms with E-state index in [-0.39, 0.29) is 17.1 Å². The maximum Gasteiger partial charge on any atom is 0.238 e. The molecule has 1 aromatic rings. The van der Waals surface area contributed by atoms with Crippen LogP contribution in [-0.4, -0.2) is 22.8 Å². The zero-order valence-corrected chi connectivity index (χ0v) is 9.16. The lowest BCUT2D eigenvalue weighted by Gasteiger charge is -2.21. The van der Waals surface area contributed by atoms with E-state index in [4.69, 9.17) is 0 Å². The van der Waals surface area contributed by atoms with E-state index in [2.05, 4.69) is 0 Å². The first-order chi connectivity index (χ1) is 7.20. The Balaban J connectivity index is 2.33. The highest BCUT2D eigenvalue weighted by Gasteiger charge is 2.35. The summed E-state index contributed by atoms with van der Waals surface area (Å²) in [6, 6.07) is 9.31. The predicted molar refractivity (Wildman–Crippen MR) is 60.9 cm³/mol. The molecule has 0 radical (unpaired) electrons. The Morgan fingerprint density at radius 1 is 1.40 bits per heavy atom. The Bertz CT molecular complexity index is 391. The molecule has 1 aliphatic rings. The summed E-state index contributed by atoms with van der Waals surface area (Å²) in [5.74, 6) is 0.417. The van der Waals surface area contributed by atoms with Gasteiger partial charge in [-0.15, -0.1) is 11.8 Å². The van der Waals surface area contributed by atoms with E-state index < -0.39 is 0 Å². The fourth-order valence-corrected chi connectivity index (χ4v) is 2.65. The van der Waals surface area contributed by atoms with Gasteiger partial charge in [-0.1, -0.05) is 18.2 Å². The van der Waals surface area contributed by atoms with Gasteiger partial charge in [0.15, 0.2) is 5.78 Å². The molecule has 0 bridgehead atoms. The number of hydrogen-bond donors (Lipinski definition) is 0. The fourth-order valence-electron chi connectivity index (χ4n) is 1.59. The summed E-state index contributed by atoms with van der Waals surface area (Å²) in [5, 5.41) is -0.347. The summed E-state index contributed by atoms with van der Waals surface area (Å²) in [6.45, 7) is 1.52. The van der Waals surface area contributed by atoms with E-state index in [0.29, 0.717) is 5.75 Å². The number of carbonyl (C=O) groups excluding carboxylic acids is 2. The van der Waals surface area contributed by atoms with Crippen molar-refractivity contribution >= 4 is 29.1 Å². The third kappa shape index (κ3) is 1.90. The van der Waals surface area contributed by atoms with Gasteiger partial charge in [0.1, 0.15) is 5.37 Å².